The highest BCUT2D eigenvalue weighted by Gasteiger charge is 2.41. The molecule has 1 aliphatic heterocycles. The molecule has 5 nitrogen and oxygen atoms in total. The third kappa shape index (κ3) is 3.09. The summed E-state index contributed by atoms with van der Waals surface area (Å²) >= 11 is 0.725. The van der Waals surface area contributed by atoms with E-state index in [0.29, 0.717) is 0 Å². The van der Waals surface area contributed by atoms with Crippen LogP contribution in [-0.2, 0) is 0 Å². The first-order valence-electron chi connectivity index (χ1n) is 5.84. The second kappa shape index (κ2) is 5.39. The van der Waals surface area contributed by atoms with Gasteiger partial charge in [-0.2, -0.15) is 13.2 Å². The summed E-state index contributed by atoms with van der Waals surface area (Å²) in [5, 5.41) is 8.50. The maximum Gasteiger partial charge on any atom is 0.391 e. The van der Waals surface area contributed by atoms with Crippen molar-refractivity contribution in [3.63, 3.8) is 0 Å². The van der Waals surface area contributed by atoms with Crippen molar-refractivity contribution in [1.82, 2.24) is 9.88 Å². The number of amides is 1. The Morgan fingerprint density at radius 2 is 1.95 bits per heavy atom. The van der Waals surface area contributed by atoms with Crippen LogP contribution in [0.25, 0.3) is 0 Å². The molecule has 2 rings (SSSR count). The Morgan fingerprint density at radius 3 is 2.40 bits per heavy atom. The monoisotopic (exact) mass is 308 g/mol. The van der Waals surface area contributed by atoms with Crippen molar-refractivity contribution in [2.24, 2.45) is 5.92 Å². The maximum absolute atomic E-state index is 12.5. The van der Waals surface area contributed by atoms with Gasteiger partial charge < -0.3 is 10.0 Å². The molecule has 0 aromatic carbocycles. The summed E-state index contributed by atoms with van der Waals surface area (Å²) in [6.07, 6.45) is -3.33. The van der Waals surface area contributed by atoms with Crippen LogP contribution in [-0.4, -0.2) is 46.1 Å². The Balaban J connectivity index is 1.99. The number of nitrogens with zero attached hydrogens (tertiary/aromatic N) is 2. The van der Waals surface area contributed by atoms with Crippen LogP contribution in [0.2, 0.25) is 0 Å². The van der Waals surface area contributed by atoms with E-state index in [1.807, 2.05) is 0 Å². The molecule has 2 heterocycles. The topological polar surface area (TPSA) is 70.5 Å². The van der Waals surface area contributed by atoms with Crippen molar-refractivity contribution in [3.05, 3.63) is 16.1 Å². The van der Waals surface area contributed by atoms with Gasteiger partial charge in [-0.05, 0) is 12.8 Å². The highest BCUT2D eigenvalue weighted by atomic mass is 32.1. The van der Waals surface area contributed by atoms with E-state index in [9.17, 15) is 22.8 Å². The van der Waals surface area contributed by atoms with Gasteiger partial charge in [-0.1, -0.05) is 0 Å². The molecule has 110 valence electrons. The second-order valence-electron chi connectivity index (χ2n) is 4.44. The summed E-state index contributed by atoms with van der Waals surface area (Å²) in [7, 11) is 0. The van der Waals surface area contributed by atoms with Crippen molar-refractivity contribution in [3.8, 4) is 0 Å². The summed E-state index contributed by atoms with van der Waals surface area (Å²) in [5.41, 5.74) is 0. The van der Waals surface area contributed by atoms with E-state index in [1.165, 1.54) is 4.90 Å². The minimum atomic E-state index is -4.23. The highest BCUT2D eigenvalue weighted by Crippen LogP contribution is 2.34. The lowest BCUT2D eigenvalue weighted by Gasteiger charge is -2.32. The van der Waals surface area contributed by atoms with Crippen LogP contribution in [0.15, 0.2) is 6.20 Å². The van der Waals surface area contributed by atoms with Crippen LogP contribution in [0, 0.1) is 5.92 Å². The van der Waals surface area contributed by atoms with E-state index in [0.717, 1.165) is 17.5 Å². The molecule has 1 saturated heterocycles. The minimum Gasteiger partial charge on any atom is -0.476 e. The van der Waals surface area contributed by atoms with Crippen LogP contribution in [0.1, 0.15) is 32.3 Å². The lowest BCUT2D eigenvalue weighted by atomic mass is 9.96. The van der Waals surface area contributed by atoms with Gasteiger partial charge in [0.15, 0.2) is 0 Å². The number of hydrogen-bond acceptors (Lipinski definition) is 4. The van der Waals surface area contributed by atoms with E-state index in [1.54, 1.807) is 0 Å². The zero-order valence-corrected chi connectivity index (χ0v) is 11.0. The number of halogens is 3. The van der Waals surface area contributed by atoms with Gasteiger partial charge in [-0.15, -0.1) is 11.3 Å². The van der Waals surface area contributed by atoms with E-state index in [-0.39, 0.29) is 35.8 Å². The van der Waals surface area contributed by atoms with Gasteiger partial charge in [0.25, 0.3) is 5.91 Å². The SMILES string of the molecule is O=C(O)c1ncc(C(=O)N2CCC(C(F)(F)F)CC2)s1. The standard InChI is InChI=1S/C11H11F3N2O3S/c12-11(13,14)6-1-3-16(4-2-6)9(17)7-5-15-8(20-7)10(18)19/h5-6H,1-4H2,(H,18,19). The zero-order valence-electron chi connectivity index (χ0n) is 10.2. The molecule has 0 atom stereocenters. The average Bonchev–Trinajstić information content (AvgIpc) is 2.86. The summed E-state index contributed by atoms with van der Waals surface area (Å²) in [6.45, 7) is 0.0344. The van der Waals surface area contributed by atoms with E-state index in [2.05, 4.69) is 4.98 Å². The van der Waals surface area contributed by atoms with E-state index in [4.69, 9.17) is 5.11 Å². The van der Waals surface area contributed by atoms with Gasteiger partial charge in [-0.3, -0.25) is 4.79 Å². The minimum absolute atomic E-state index is 0.0172. The molecule has 1 N–H and O–H groups in total. The van der Waals surface area contributed by atoms with Gasteiger partial charge in [0.2, 0.25) is 5.01 Å². The molecular formula is C11H11F3N2O3S. The number of thiazole rings is 1. The zero-order chi connectivity index (χ0) is 14.9. The fourth-order valence-electron chi connectivity index (χ4n) is 2.04. The van der Waals surface area contributed by atoms with E-state index < -0.39 is 24.0 Å². The molecule has 0 spiro atoms. The molecule has 20 heavy (non-hydrogen) atoms. The molecule has 0 aliphatic carbocycles. The molecule has 0 saturated carbocycles. The first-order valence-corrected chi connectivity index (χ1v) is 6.66. The number of aromatic nitrogens is 1. The number of piperidine rings is 1. The third-order valence-corrected chi connectivity index (χ3v) is 4.12. The lowest BCUT2D eigenvalue weighted by molar-refractivity contribution is -0.183. The number of carboxylic acid groups (broad SMARTS) is 1. The molecule has 0 unspecified atom stereocenters. The Hall–Kier alpha value is -1.64. The maximum atomic E-state index is 12.5. The van der Waals surface area contributed by atoms with Crippen LogP contribution in [0.5, 0.6) is 0 Å². The summed E-state index contributed by atoms with van der Waals surface area (Å²) in [5.74, 6) is -3.07. The molecular weight excluding hydrogens is 297 g/mol. The van der Waals surface area contributed by atoms with Crippen LogP contribution >= 0.6 is 11.3 Å². The fraction of sp³-hybridized carbons (Fsp3) is 0.545. The Morgan fingerprint density at radius 1 is 1.35 bits per heavy atom. The molecule has 1 aromatic heterocycles. The first-order chi connectivity index (χ1) is 9.29. The van der Waals surface area contributed by atoms with Gasteiger partial charge in [0.05, 0.1) is 12.1 Å². The van der Waals surface area contributed by atoms with Crippen LogP contribution < -0.4 is 0 Å². The lowest BCUT2D eigenvalue weighted by Crippen LogP contribution is -2.41. The highest BCUT2D eigenvalue weighted by molar-refractivity contribution is 7.15. The fourth-order valence-corrected chi connectivity index (χ4v) is 2.76. The Bertz CT molecular complexity index is 521. The Kier molecular flexibility index (Phi) is 3.98. The number of likely N-dealkylation sites (tertiary alicyclic amines) is 1. The molecule has 1 aliphatic rings. The van der Waals surface area contributed by atoms with Gasteiger partial charge in [0, 0.05) is 13.1 Å². The smallest absolute Gasteiger partial charge is 0.391 e. The predicted molar refractivity (Wildman–Crippen MR) is 63.8 cm³/mol. The van der Waals surface area contributed by atoms with Crippen molar-refractivity contribution >= 4 is 23.2 Å². The summed E-state index contributed by atoms with van der Waals surface area (Å²) in [4.78, 5) is 27.7. The predicted octanol–water partition coefficient (Wildman–Crippen LogP) is 2.26. The number of alkyl halides is 3. The molecule has 1 fully saturated rings. The third-order valence-electron chi connectivity index (χ3n) is 3.14. The summed E-state index contributed by atoms with van der Waals surface area (Å²) in [6, 6.07) is 0. The number of carbonyl (C=O) groups excluding carboxylic acids is 1. The average molecular weight is 308 g/mol. The van der Waals surface area contributed by atoms with Crippen LogP contribution in [0.3, 0.4) is 0 Å². The Labute approximate surface area is 116 Å². The number of carbonyl (C=O) groups is 2. The van der Waals surface area contributed by atoms with Crippen LogP contribution in [0.4, 0.5) is 13.2 Å². The number of carboxylic acids is 1. The molecule has 1 amide bonds. The number of hydrogen-bond donors (Lipinski definition) is 1. The van der Waals surface area contributed by atoms with Crippen molar-refractivity contribution in [2.45, 2.75) is 19.0 Å². The first kappa shape index (κ1) is 14.8. The molecule has 9 heteroatoms. The van der Waals surface area contributed by atoms with Crippen molar-refractivity contribution < 1.29 is 27.9 Å². The number of rotatable bonds is 2. The van der Waals surface area contributed by atoms with Crippen molar-refractivity contribution in [1.29, 1.82) is 0 Å². The van der Waals surface area contributed by atoms with E-state index >= 15 is 0 Å². The van der Waals surface area contributed by atoms with Gasteiger partial charge in [-0.25, -0.2) is 9.78 Å². The largest absolute Gasteiger partial charge is 0.476 e. The van der Waals surface area contributed by atoms with Crippen molar-refractivity contribution in [2.75, 3.05) is 13.1 Å². The number of aromatic carboxylic acids is 1. The normalized spacial score (nSPS) is 17.2. The van der Waals surface area contributed by atoms with Gasteiger partial charge >= 0.3 is 12.1 Å². The summed E-state index contributed by atoms with van der Waals surface area (Å²) < 4.78 is 37.5. The van der Waals surface area contributed by atoms with Gasteiger partial charge in [0.1, 0.15) is 4.88 Å². The molecule has 0 radical (unpaired) electrons. The second-order valence-corrected chi connectivity index (χ2v) is 5.47. The molecule has 0 bridgehead atoms. The molecule has 1 aromatic rings. The quantitative estimate of drug-likeness (QED) is 0.909.